The number of ether oxygens (including phenoxy) is 2. The van der Waals surface area contributed by atoms with E-state index in [9.17, 15) is 4.79 Å². The van der Waals surface area contributed by atoms with Crippen LogP contribution < -0.4 is 14.8 Å². The minimum Gasteiger partial charge on any atom is -0.496 e. The molecule has 106 valence electrons. The Morgan fingerprint density at radius 2 is 2.00 bits per heavy atom. The van der Waals surface area contributed by atoms with Crippen molar-refractivity contribution in [3.8, 4) is 11.5 Å². The molecule has 5 heteroatoms. The Labute approximate surface area is 118 Å². The van der Waals surface area contributed by atoms with E-state index in [1.54, 1.807) is 26.0 Å². The van der Waals surface area contributed by atoms with Crippen molar-refractivity contribution in [2.24, 2.45) is 0 Å². The smallest absolute Gasteiger partial charge is 0.207 e. The summed E-state index contributed by atoms with van der Waals surface area (Å²) in [6, 6.07) is 4.07. The third-order valence-electron chi connectivity index (χ3n) is 3.05. The fourth-order valence-corrected chi connectivity index (χ4v) is 2.50. The van der Waals surface area contributed by atoms with Crippen molar-refractivity contribution in [2.75, 3.05) is 20.5 Å². The highest BCUT2D eigenvalue weighted by Gasteiger charge is 2.14. The van der Waals surface area contributed by atoms with Crippen LogP contribution in [0.5, 0.6) is 11.5 Å². The van der Waals surface area contributed by atoms with Gasteiger partial charge in [-0.15, -0.1) is 11.8 Å². The van der Waals surface area contributed by atoms with Crippen molar-refractivity contribution in [1.29, 1.82) is 0 Å². The van der Waals surface area contributed by atoms with Crippen LogP contribution in [0.4, 0.5) is 0 Å². The molecule has 19 heavy (non-hydrogen) atoms. The maximum atomic E-state index is 10.6. The summed E-state index contributed by atoms with van der Waals surface area (Å²) in [7, 11) is 3.32. The Balaban J connectivity index is 3.06. The van der Waals surface area contributed by atoms with Crippen LogP contribution in [0.3, 0.4) is 0 Å². The number of hydrogen-bond acceptors (Lipinski definition) is 4. The molecule has 1 N–H and O–H groups in total. The number of carbonyl (C=O) groups excluding carboxylic acids is 1. The first-order valence-corrected chi connectivity index (χ1v) is 7.41. The van der Waals surface area contributed by atoms with E-state index in [1.165, 1.54) is 0 Å². The van der Waals surface area contributed by atoms with Crippen LogP contribution >= 0.6 is 11.8 Å². The average Bonchev–Trinajstić information content (AvgIpc) is 2.45. The number of amides is 1. The van der Waals surface area contributed by atoms with Crippen molar-refractivity contribution in [2.45, 2.75) is 30.7 Å². The molecule has 0 aliphatic heterocycles. The van der Waals surface area contributed by atoms with E-state index in [0.717, 1.165) is 41.2 Å². The van der Waals surface area contributed by atoms with Crippen molar-refractivity contribution in [3.05, 3.63) is 17.7 Å². The second kappa shape index (κ2) is 7.94. The van der Waals surface area contributed by atoms with Gasteiger partial charge < -0.3 is 14.8 Å². The third kappa shape index (κ3) is 4.06. The maximum Gasteiger partial charge on any atom is 0.207 e. The zero-order chi connectivity index (χ0) is 14.3. The molecule has 1 atom stereocenters. The maximum absolute atomic E-state index is 10.6. The molecule has 0 aliphatic carbocycles. The van der Waals surface area contributed by atoms with Gasteiger partial charge in [0.1, 0.15) is 11.5 Å². The first-order valence-electron chi connectivity index (χ1n) is 6.18. The Morgan fingerprint density at radius 3 is 2.47 bits per heavy atom. The lowest BCUT2D eigenvalue weighted by molar-refractivity contribution is -0.110. The van der Waals surface area contributed by atoms with Crippen LogP contribution in [0.15, 0.2) is 17.0 Å². The van der Waals surface area contributed by atoms with Crippen LogP contribution in [0.1, 0.15) is 18.9 Å². The molecule has 4 nitrogen and oxygen atoms in total. The molecule has 0 aliphatic rings. The molecule has 0 aromatic heterocycles. The van der Waals surface area contributed by atoms with Gasteiger partial charge in [0.15, 0.2) is 0 Å². The quantitative estimate of drug-likeness (QED) is 0.588. The molecule has 0 fully saturated rings. The number of nitrogens with one attached hydrogen (secondary N) is 1. The highest BCUT2D eigenvalue weighted by atomic mass is 32.2. The van der Waals surface area contributed by atoms with Crippen LogP contribution in [-0.2, 0) is 11.2 Å². The SMILES string of the molecule is CCC(Cc1cc(OC)c(SC)cc1OC)NC=O. The molecule has 0 spiro atoms. The summed E-state index contributed by atoms with van der Waals surface area (Å²) in [6.07, 6.45) is 4.34. The monoisotopic (exact) mass is 283 g/mol. The molecular weight excluding hydrogens is 262 g/mol. The van der Waals surface area contributed by atoms with Gasteiger partial charge >= 0.3 is 0 Å². The zero-order valence-corrected chi connectivity index (χ0v) is 12.7. The lowest BCUT2D eigenvalue weighted by atomic mass is 10.0. The molecule has 1 amide bonds. The van der Waals surface area contributed by atoms with E-state index in [2.05, 4.69) is 5.32 Å². The zero-order valence-electron chi connectivity index (χ0n) is 11.9. The van der Waals surface area contributed by atoms with Gasteiger partial charge in [0, 0.05) is 6.04 Å². The van der Waals surface area contributed by atoms with Crippen LogP contribution in [0, 0.1) is 0 Å². The molecule has 0 saturated heterocycles. The van der Waals surface area contributed by atoms with Crippen molar-refractivity contribution in [1.82, 2.24) is 5.32 Å². The van der Waals surface area contributed by atoms with Crippen LogP contribution in [0.2, 0.25) is 0 Å². The Morgan fingerprint density at radius 1 is 1.32 bits per heavy atom. The van der Waals surface area contributed by atoms with Crippen LogP contribution in [0.25, 0.3) is 0 Å². The first kappa shape index (κ1) is 15.7. The number of carbonyl (C=O) groups is 1. The second-order valence-electron chi connectivity index (χ2n) is 4.11. The third-order valence-corrected chi connectivity index (χ3v) is 3.81. The summed E-state index contributed by atoms with van der Waals surface area (Å²) in [5.41, 5.74) is 1.04. The van der Waals surface area contributed by atoms with E-state index >= 15 is 0 Å². The topological polar surface area (TPSA) is 47.6 Å². The number of methoxy groups -OCH3 is 2. The molecule has 1 unspecified atom stereocenters. The molecule has 1 aromatic carbocycles. The minimum absolute atomic E-state index is 0.108. The Bertz CT molecular complexity index is 423. The summed E-state index contributed by atoms with van der Waals surface area (Å²) in [5.74, 6) is 1.67. The van der Waals surface area contributed by atoms with E-state index in [-0.39, 0.29) is 6.04 Å². The average molecular weight is 283 g/mol. The lowest BCUT2D eigenvalue weighted by Crippen LogP contribution is -2.29. The van der Waals surface area contributed by atoms with E-state index < -0.39 is 0 Å². The summed E-state index contributed by atoms with van der Waals surface area (Å²) in [6.45, 7) is 2.04. The minimum atomic E-state index is 0.108. The highest BCUT2D eigenvalue weighted by Crippen LogP contribution is 2.35. The van der Waals surface area contributed by atoms with E-state index in [4.69, 9.17) is 9.47 Å². The molecule has 1 rings (SSSR count). The van der Waals surface area contributed by atoms with Gasteiger partial charge in [0.2, 0.25) is 6.41 Å². The second-order valence-corrected chi connectivity index (χ2v) is 4.96. The van der Waals surface area contributed by atoms with Gasteiger partial charge in [0.05, 0.1) is 19.1 Å². The van der Waals surface area contributed by atoms with Gasteiger partial charge in [-0.1, -0.05) is 6.92 Å². The van der Waals surface area contributed by atoms with Gasteiger partial charge in [-0.25, -0.2) is 0 Å². The summed E-state index contributed by atoms with van der Waals surface area (Å²) in [4.78, 5) is 11.6. The molecule has 0 saturated carbocycles. The molecular formula is C14H21NO3S. The number of thioether (sulfide) groups is 1. The van der Waals surface area contributed by atoms with E-state index in [1.807, 2.05) is 25.3 Å². The van der Waals surface area contributed by atoms with Crippen LogP contribution in [-0.4, -0.2) is 32.9 Å². The molecule has 0 bridgehead atoms. The lowest BCUT2D eigenvalue weighted by Gasteiger charge is -2.18. The van der Waals surface area contributed by atoms with Crippen molar-refractivity contribution < 1.29 is 14.3 Å². The number of hydrogen-bond donors (Lipinski definition) is 1. The Hall–Kier alpha value is -1.36. The molecule has 1 aromatic rings. The van der Waals surface area contributed by atoms with Gasteiger partial charge in [-0.3, -0.25) is 4.79 Å². The molecule has 0 radical (unpaired) electrons. The standard InChI is InChI=1S/C14H21NO3S/c1-5-11(15-9-16)6-10-7-13(18-3)14(19-4)8-12(10)17-2/h7-9,11H,5-6H2,1-4H3,(H,15,16). The number of rotatable bonds is 8. The van der Waals surface area contributed by atoms with Gasteiger partial charge in [0.25, 0.3) is 0 Å². The fourth-order valence-electron chi connectivity index (χ4n) is 1.93. The van der Waals surface area contributed by atoms with Gasteiger partial charge in [-0.05, 0) is 36.8 Å². The normalized spacial score (nSPS) is 11.8. The first-order chi connectivity index (χ1) is 9.19. The predicted octanol–water partition coefficient (Wildman–Crippen LogP) is 2.49. The number of benzene rings is 1. The predicted molar refractivity (Wildman–Crippen MR) is 78.3 cm³/mol. The summed E-state index contributed by atoms with van der Waals surface area (Å²) in [5, 5.41) is 2.82. The van der Waals surface area contributed by atoms with Crippen molar-refractivity contribution in [3.63, 3.8) is 0 Å². The highest BCUT2D eigenvalue weighted by molar-refractivity contribution is 7.98. The summed E-state index contributed by atoms with van der Waals surface area (Å²) >= 11 is 1.62. The largest absolute Gasteiger partial charge is 0.496 e. The van der Waals surface area contributed by atoms with E-state index in [0.29, 0.717) is 0 Å². The fraction of sp³-hybridized carbons (Fsp3) is 0.500. The van der Waals surface area contributed by atoms with Crippen molar-refractivity contribution >= 4 is 18.2 Å². The Kier molecular flexibility index (Phi) is 6.56. The molecule has 0 heterocycles. The van der Waals surface area contributed by atoms with Gasteiger partial charge in [-0.2, -0.15) is 0 Å². The summed E-state index contributed by atoms with van der Waals surface area (Å²) < 4.78 is 10.8.